The summed E-state index contributed by atoms with van der Waals surface area (Å²) in [6.45, 7) is 7.30. The molecule has 9 nitrogen and oxygen atoms in total. The van der Waals surface area contributed by atoms with Crippen LogP contribution in [0.1, 0.15) is 81.3 Å². The van der Waals surface area contributed by atoms with E-state index in [2.05, 4.69) is 20.1 Å². The molecule has 1 N–H and O–H groups in total. The van der Waals surface area contributed by atoms with E-state index >= 15 is 0 Å². The van der Waals surface area contributed by atoms with Crippen molar-refractivity contribution in [3.63, 3.8) is 0 Å². The second kappa shape index (κ2) is 8.51. The van der Waals surface area contributed by atoms with Gasteiger partial charge in [0, 0.05) is 6.07 Å². The number of amides is 1. The third-order valence-corrected chi connectivity index (χ3v) is 5.67. The molecule has 1 aromatic carbocycles. The molecule has 1 aliphatic carbocycles. The van der Waals surface area contributed by atoms with Gasteiger partial charge in [-0.05, 0) is 63.3 Å². The van der Waals surface area contributed by atoms with Crippen LogP contribution in [0, 0.1) is 12.7 Å². The third-order valence-electron chi connectivity index (χ3n) is 5.67. The van der Waals surface area contributed by atoms with Gasteiger partial charge in [-0.25, -0.2) is 23.5 Å². The van der Waals surface area contributed by atoms with E-state index in [0.717, 1.165) is 27.4 Å². The number of fused-ring (bicyclic) bond motifs is 2. The first-order valence-electron chi connectivity index (χ1n) is 10.8. The van der Waals surface area contributed by atoms with E-state index in [1.165, 1.54) is 13.2 Å². The lowest BCUT2D eigenvalue weighted by atomic mass is 9.97. The first kappa shape index (κ1) is 23.3. The predicted octanol–water partition coefficient (Wildman–Crippen LogP) is 3.34. The molecule has 2 heterocycles. The number of hydrogen-bond acceptors (Lipinski definition) is 7. The maximum atomic E-state index is 14.1. The first-order valence-corrected chi connectivity index (χ1v) is 10.8. The van der Waals surface area contributed by atoms with E-state index < -0.39 is 29.3 Å². The first-order chi connectivity index (χ1) is 16.0. The number of halogens is 1. The van der Waals surface area contributed by atoms with Crippen molar-refractivity contribution >= 4 is 23.5 Å². The Morgan fingerprint density at radius 2 is 1.94 bits per heavy atom. The van der Waals surface area contributed by atoms with Crippen LogP contribution in [-0.2, 0) is 15.9 Å². The number of nitrogens with zero attached hydrogens (tertiary/aromatic N) is 3. The van der Waals surface area contributed by atoms with E-state index in [1.807, 2.05) is 33.8 Å². The van der Waals surface area contributed by atoms with Crippen LogP contribution in [-0.4, -0.2) is 45.2 Å². The summed E-state index contributed by atoms with van der Waals surface area (Å²) in [5.41, 5.74) is 2.07. The van der Waals surface area contributed by atoms with Gasteiger partial charge in [0.2, 0.25) is 0 Å². The van der Waals surface area contributed by atoms with E-state index in [4.69, 9.17) is 4.74 Å². The summed E-state index contributed by atoms with van der Waals surface area (Å²) in [5.74, 6) is -2.51. The molecular weight excluding hydrogens is 443 g/mol. The smallest absolute Gasteiger partial charge is 0.356 e. The number of methoxy groups -OCH3 is 1. The fraction of sp³-hybridized carbons (Fsp3) is 0.375. The van der Waals surface area contributed by atoms with Gasteiger partial charge in [-0.15, -0.1) is 0 Å². The minimum atomic E-state index is -0.798. The average molecular weight is 468 g/mol. The Kier molecular flexibility index (Phi) is 5.84. The Labute approximate surface area is 195 Å². The van der Waals surface area contributed by atoms with Gasteiger partial charge in [0.1, 0.15) is 11.3 Å². The zero-order valence-electron chi connectivity index (χ0n) is 19.6. The summed E-state index contributed by atoms with van der Waals surface area (Å²) in [6.07, 6.45) is 2.20. The molecule has 1 aliphatic rings. The van der Waals surface area contributed by atoms with Crippen molar-refractivity contribution in [2.24, 2.45) is 0 Å². The number of aromatic nitrogens is 3. The second-order valence-corrected chi connectivity index (χ2v) is 9.12. The van der Waals surface area contributed by atoms with E-state index in [-0.39, 0.29) is 23.1 Å². The molecule has 10 heteroatoms. The van der Waals surface area contributed by atoms with Gasteiger partial charge in [-0.1, -0.05) is 6.07 Å². The van der Waals surface area contributed by atoms with Gasteiger partial charge in [0.25, 0.3) is 5.91 Å². The average Bonchev–Trinajstić information content (AvgIpc) is 3.35. The van der Waals surface area contributed by atoms with Crippen LogP contribution in [0.15, 0.2) is 24.4 Å². The highest BCUT2D eigenvalue weighted by Crippen LogP contribution is 2.35. The fourth-order valence-electron chi connectivity index (χ4n) is 4.12. The molecule has 178 valence electrons. The molecule has 0 spiro atoms. The summed E-state index contributed by atoms with van der Waals surface area (Å²) in [7, 11) is 1.17. The van der Waals surface area contributed by atoms with Gasteiger partial charge in [0.15, 0.2) is 17.2 Å². The van der Waals surface area contributed by atoms with Gasteiger partial charge in [-0.3, -0.25) is 4.79 Å². The standard InChI is InChI=1S/C24H25FN4O5/c1-12-13-8-9-17(15(13)7-6-14(12)22(31)34-24(2,3)4)28-21(30)19-10-18(23(32)33-5)27-20-16(25)11-26-29(19)20/h6-7,10-11,17H,8-9H2,1-5H3,(H,28,30)/t17-/m0/s1. The van der Waals surface area contributed by atoms with E-state index in [1.54, 1.807) is 6.07 Å². The van der Waals surface area contributed by atoms with Gasteiger partial charge in [-0.2, -0.15) is 5.10 Å². The van der Waals surface area contributed by atoms with E-state index in [9.17, 15) is 18.8 Å². The minimum absolute atomic E-state index is 0.0511. The van der Waals surface area contributed by atoms with Crippen molar-refractivity contribution in [2.45, 2.75) is 52.2 Å². The molecule has 0 unspecified atom stereocenters. The molecule has 1 atom stereocenters. The Morgan fingerprint density at radius 1 is 1.21 bits per heavy atom. The lowest BCUT2D eigenvalue weighted by molar-refractivity contribution is 0.00682. The summed E-state index contributed by atoms with van der Waals surface area (Å²) >= 11 is 0. The summed E-state index contributed by atoms with van der Waals surface area (Å²) in [4.78, 5) is 41.6. The summed E-state index contributed by atoms with van der Waals surface area (Å²) in [6, 6.07) is 4.40. The highest BCUT2D eigenvalue weighted by molar-refractivity contribution is 5.97. The Balaban J connectivity index is 1.63. The maximum absolute atomic E-state index is 14.1. The van der Waals surface area contributed by atoms with Gasteiger partial charge < -0.3 is 14.8 Å². The van der Waals surface area contributed by atoms with Crippen LogP contribution in [0.2, 0.25) is 0 Å². The molecule has 0 fully saturated rings. The van der Waals surface area contributed by atoms with Crippen molar-refractivity contribution in [1.82, 2.24) is 19.9 Å². The van der Waals surface area contributed by atoms with Gasteiger partial charge >= 0.3 is 11.9 Å². The molecule has 0 saturated heterocycles. The number of ether oxygens (including phenoxy) is 2. The molecule has 3 aromatic rings. The molecular formula is C24H25FN4O5. The Morgan fingerprint density at radius 3 is 2.62 bits per heavy atom. The Bertz CT molecular complexity index is 1330. The molecule has 0 aliphatic heterocycles. The van der Waals surface area contributed by atoms with Crippen LogP contribution < -0.4 is 5.32 Å². The maximum Gasteiger partial charge on any atom is 0.356 e. The molecule has 34 heavy (non-hydrogen) atoms. The zero-order valence-corrected chi connectivity index (χ0v) is 19.6. The van der Waals surface area contributed by atoms with Gasteiger partial charge in [0.05, 0.1) is 24.9 Å². The zero-order chi connectivity index (χ0) is 24.8. The molecule has 2 aromatic heterocycles. The van der Waals surface area contributed by atoms with Crippen LogP contribution >= 0.6 is 0 Å². The number of carbonyl (C=O) groups is 3. The van der Waals surface area contributed by atoms with E-state index in [0.29, 0.717) is 18.4 Å². The lowest BCUT2D eigenvalue weighted by Gasteiger charge is -2.21. The SMILES string of the molecule is COC(=O)c1cc(C(=O)N[C@H]2CCc3c2ccc(C(=O)OC(C)(C)C)c3C)n2ncc(F)c2n1. The van der Waals surface area contributed by atoms with Crippen molar-refractivity contribution in [1.29, 1.82) is 0 Å². The van der Waals surface area contributed by atoms with Crippen molar-refractivity contribution in [3.05, 3.63) is 63.9 Å². The largest absolute Gasteiger partial charge is 0.464 e. The number of nitrogens with one attached hydrogen (secondary N) is 1. The fourth-order valence-corrected chi connectivity index (χ4v) is 4.12. The molecule has 0 saturated carbocycles. The van der Waals surface area contributed by atoms with Crippen molar-refractivity contribution in [3.8, 4) is 0 Å². The molecule has 4 rings (SSSR count). The number of benzene rings is 1. The van der Waals surface area contributed by atoms with Crippen LogP contribution in [0.3, 0.4) is 0 Å². The highest BCUT2D eigenvalue weighted by atomic mass is 19.1. The predicted molar refractivity (Wildman–Crippen MR) is 119 cm³/mol. The number of hydrogen-bond donors (Lipinski definition) is 1. The normalized spacial score (nSPS) is 15.2. The topological polar surface area (TPSA) is 112 Å². The number of carbonyl (C=O) groups excluding carboxylic acids is 3. The van der Waals surface area contributed by atoms with Crippen molar-refractivity contribution in [2.75, 3.05) is 7.11 Å². The third kappa shape index (κ3) is 4.23. The number of rotatable bonds is 4. The second-order valence-electron chi connectivity index (χ2n) is 9.12. The van der Waals surface area contributed by atoms with Crippen LogP contribution in [0.4, 0.5) is 4.39 Å². The summed E-state index contributed by atoms with van der Waals surface area (Å²) in [5, 5.41) is 6.81. The summed E-state index contributed by atoms with van der Waals surface area (Å²) < 4.78 is 25.3. The minimum Gasteiger partial charge on any atom is -0.464 e. The van der Waals surface area contributed by atoms with Crippen LogP contribution in [0.25, 0.3) is 5.65 Å². The van der Waals surface area contributed by atoms with Crippen molar-refractivity contribution < 1.29 is 28.2 Å². The Hall–Kier alpha value is -3.82. The molecule has 0 bridgehead atoms. The molecule has 1 amide bonds. The molecule has 0 radical (unpaired) electrons. The monoisotopic (exact) mass is 468 g/mol. The lowest BCUT2D eigenvalue weighted by Crippen LogP contribution is -2.30. The highest BCUT2D eigenvalue weighted by Gasteiger charge is 2.30. The van der Waals surface area contributed by atoms with Crippen LogP contribution in [0.5, 0.6) is 0 Å². The quantitative estimate of drug-likeness (QED) is 0.585. The number of esters is 2.